The largest absolute Gasteiger partial charge is 0.492 e. The predicted molar refractivity (Wildman–Crippen MR) is 111 cm³/mol. The lowest BCUT2D eigenvalue weighted by atomic mass is 9.79. The number of benzene rings is 1. The van der Waals surface area contributed by atoms with E-state index in [1.165, 1.54) is 15.7 Å². The van der Waals surface area contributed by atoms with Crippen molar-refractivity contribution in [3.05, 3.63) is 62.4 Å². The molecule has 1 amide bonds. The molecule has 1 aliphatic rings. The summed E-state index contributed by atoms with van der Waals surface area (Å²) in [7, 11) is 0. The van der Waals surface area contributed by atoms with Crippen LogP contribution in [0.3, 0.4) is 0 Å². The Kier molecular flexibility index (Phi) is 4.85. The van der Waals surface area contributed by atoms with Crippen LogP contribution in [0.4, 0.5) is 0 Å². The molecule has 1 atom stereocenters. The summed E-state index contributed by atoms with van der Waals surface area (Å²) < 4.78 is 1.38. The Hall–Kier alpha value is -3.20. The average molecular weight is 427 g/mol. The third-order valence-corrected chi connectivity index (χ3v) is 6.48. The smallest absolute Gasteiger partial charge is 0.330 e. The van der Waals surface area contributed by atoms with Crippen LogP contribution in [0, 0.1) is 5.41 Å². The van der Waals surface area contributed by atoms with Gasteiger partial charge in [0.2, 0.25) is 5.88 Å². The number of amides is 1. The van der Waals surface area contributed by atoms with Crippen LogP contribution in [0.2, 0.25) is 0 Å². The van der Waals surface area contributed by atoms with Crippen LogP contribution in [0.25, 0.3) is 4.96 Å². The molecule has 2 aromatic heterocycles. The van der Waals surface area contributed by atoms with E-state index in [-0.39, 0.29) is 5.41 Å². The molecule has 8 nitrogen and oxygen atoms in total. The Morgan fingerprint density at radius 3 is 2.63 bits per heavy atom. The number of carbonyl (C=O) groups is 2. The second-order valence-electron chi connectivity index (χ2n) is 8.20. The number of carboxylic acid groups (broad SMARTS) is 1. The standard InChI is InChI=1S/C21H21N3O5S/c1-21(2)9-8-12-13(10-21)30-20-23-17(26)14(18(27)24(12)20)16(25)22-15(19(28)29)11-6-4-3-5-7-11/h3-7,15,26H,8-10H2,1-2H3,(H,22,25)(H,28,29). The SMILES string of the molecule is CC1(C)CCc2c(sc3nc(O)c(C(=O)NC(C(=O)O)c4ccccc4)c(=O)n23)C1. The molecule has 3 N–H and O–H groups in total. The van der Waals surface area contributed by atoms with E-state index in [1.807, 2.05) is 0 Å². The average Bonchev–Trinajstić information content (AvgIpc) is 3.02. The number of hydrogen-bond donors (Lipinski definition) is 3. The molecule has 0 fully saturated rings. The summed E-state index contributed by atoms with van der Waals surface area (Å²) in [6.07, 6.45) is 2.33. The van der Waals surface area contributed by atoms with Gasteiger partial charge in [0.05, 0.1) is 0 Å². The number of nitrogens with zero attached hydrogens (tertiary/aromatic N) is 2. The maximum Gasteiger partial charge on any atom is 0.330 e. The third kappa shape index (κ3) is 3.45. The highest BCUT2D eigenvalue weighted by Gasteiger charge is 2.32. The fraction of sp³-hybridized carbons (Fsp3) is 0.333. The van der Waals surface area contributed by atoms with Crippen LogP contribution in [0.15, 0.2) is 35.1 Å². The van der Waals surface area contributed by atoms with E-state index in [0.717, 1.165) is 23.4 Å². The normalized spacial score (nSPS) is 16.1. The Morgan fingerprint density at radius 2 is 1.97 bits per heavy atom. The van der Waals surface area contributed by atoms with Gasteiger partial charge in [0.15, 0.2) is 16.6 Å². The molecule has 9 heteroatoms. The van der Waals surface area contributed by atoms with Gasteiger partial charge in [0.25, 0.3) is 11.5 Å². The van der Waals surface area contributed by atoms with Crippen molar-refractivity contribution < 1.29 is 19.8 Å². The fourth-order valence-corrected chi connectivity index (χ4v) is 5.21. The molecule has 3 aromatic rings. The number of thiazole rings is 1. The zero-order valence-corrected chi connectivity index (χ0v) is 17.3. The number of rotatable bonds is 4. The van der Waals surface area contributed by atoms with E-state index in [1.54, 1.807) is 30.3 Å². The van der Waals surface area contributed by atoms with Gasteiger partial charge in [-0.25, -0.2) is 4.79 Å². The number of aromatic hydroxyl groups is 1. The van der Waals surface area contributed by atoms with E-state index >= 15 is 0 Å². The van der Waals surface area contributed by atoms with Gasteiger partial charge in [-0.05, 0) is 30.2 Å². The number of hydrogen-bond acceptors (Lipinski definition) is 6. The minimum absolute atomic E-state index is 0.101. The van der Waals surface area contributed by atoms with Crippen molar-refractivity contribution in [1.82, 2.24) is 14.7 Å². The van der Waals surface area contributed by atoms with Crippen molar-refractivity contribution in [3.63, 3.8) is 0 Å². The maximum atomic E-state index is 13.1. The first-order valence-electron chi connectivity index (χ1n) is 9.53. The number of carbonyl (C=O) groups excluding carboxylic acids is 1. The summed E-state index contributed by atoms with van der Waals surface area (Å²) in [6, 6.07) is 6.78. The number of aryl methyl sites for hydroxylation is 1. The molecular weight excluding hydrogens is 406 g/mol. The monoisotopic (exact) mass is 427 g/mol. The lowest BCUT2D eigenvalue weighted by molar-refractivity contribution is -0.139. The van der Waals surface area contributed by atoms with Crippen LogP contribution in [0.1, 0.15) is 52.8 Å². The van der Waals surface area contributed by atoms with Crippen molar-refractivity contribution in [1.29, 1.82) is 0 Å². The Bertz CT molecular complexity index is 1210. The highest BCUT2D eigenvalue weighted by atomic mass is 32.1. The quantitative estimate of drug-likeness (QED) is 0.588. The minimum Gasteiger partial charge on any atom is -0.492 e. The number of aromatic nitrogens is 2. The maximum absolute atomic E-state index is 13.1. The van der Waals surface area contributed by atoms with Crippen molar-refractivity contribution in [3.8, 4) is 5.88 Å². The molecule has 2 heterocycles. The van der Waals surface area contributed by atoms with Gasteiger partial charge in [-0.1, -0.05) is 44.2 Å². The molecule has 0 saturated carbocycles. The Morgan fingerprint density at radius 1 is 1.27 bits per heavy atom. The first kappa shape index (κ1) is 20.1. The van der Waals surface area contributed by atoms with Gasteiger partial charge >= 0.3 is 5.97 Å². The Balaban J connectivity index is 1.76. The van der Waals surface area contributed by atoms with E-state index in [0.29, 0.717) is 16.9 Å². The molecule has 156 valence electrons. The minimum atomic E-state index is -1.37. The topological polar surface area (TPSA) is 121 Å². The fourth-order valence-electron chi connectivity index (χ4n) is 3.80. The number of nitrogens with one attached hydrogen (secondary N) is 1. The first-order valence-corrected chi connectivity index (χ1v) is 10.3. The molecule has 4 rings (SSSR count). The van der Waals surface area contributed by atoms with Gasteiger partial charge in [0, 0.05) is 10.6 Å². The predicted octanol–water partition coefficient (Wildman–Crippen LogP) is 2.53. The molecule has 0 bridgehead atoms. The molecule has 0 spiro atoms. The van der Waals surface area contributed by atoms with Crippen molar-refractivity contribution in [2.45, 2.75) is 39.2 Å². The van der Waals surface area contributed by atoms with Gasteiger partial charge in [-0.3, -0.25) is 14.0 Å². The van der Waals surface area contributed by atoms with E-state index in [2.05, 4.69) is 24.1 Å². The van der Waals surface area contributed by atoms with Crippen molar-refractivity contribution in [2.24, 2.45) is 5.41 Å². The molecular formula is C21H21N3O5S. The molecule has 0 saturated heterocycles. The second-order valence-corrected chi connectivity index (χ2v) is 9.26. The molecule has 0 aliphatic heterocycles. The van der Waals surface area contributed by atoms with Crippen molar-refractivity contribution in [2.75, 3.05) is 0 Å². The highest BCUT2D eigenvalue weighted by Crippen LogP contribution is 2.38. The highest BCUT2D eigenvalue weighted by molar-refractivity contribution is 7.17. The first-order chi connectivity index (χ1) is 14.2. The number of carboxylic acids is 1. The van der Waals surface area contributed by atoms with Crippen LogP contribution < -0.4 is 10.9 Å². The number of aliphatic carboxylic acids is 1. The van der Waals surface area contributed by atoms with Crippen LogP contribution in [0.5, 0.6) is 5.88 Å². The van der Waals surface area contributed by atoms with Gasteiger partial charge in [0.1, 0.15) is 0 Å². The zero-order valence-electron chi connectivity index (χ0n) is 16.5. The second kappa shape index (κ2) is 7.24. The summed E-state index contributed by atoms with van der Waals surface area (Å²) >= 11 is 1.33. The summed E-state index contributed by atoms with van der Waals surface area (Å²) in [5, 5.41) is 22.2. The lowest BCUT2D eigenvalue weighted by Gasteiger charge is -2.28. The van der Waals surface area contributed by atoms with Crippen molar-refractivity contribution >= 4 is 28.2 Å². The van der Waals surface area contributed by atoms with Crippen LogP contribution in [-0.2, 0) is 17.6 Å². The summed E-state index contributed by atoms with van der Waals surface area (Å²) in [5.74, 6) is -2.96. The molecule has 1 aliphatic carbocycles. The van der Waals surface area contributed by atoms with Gasteiger partial charge < -0.3 is 15.5 Å². The van der Waals surface area contributed by atoms with Crippen LogP contribution in [-0.4, -0.2) is 31.5 Å². The molecule has 1 unspecified atom stereocenters. The Labute approximate surface area is 175 Å². The molecule has 30 heavy (non-hydrogen) atoms. The third-order valence-electron chi connectivity index (χ3n) is 5.40. The summed E-state index contributed by atoms with van der Waals surface area (Å²) in [4.78, 5) is 43.1. The van der Waals surface area contributed by atoms with Gasteiger partial charge in [-0.2, -0.15) is 4.98 Å². The van der Waals surface area contributed by atoms with E-state index in [4.69, 9.17) is 0 Å². The van der Waals surface area contributed by atoms with Gasteiger partial charge in [-0.15, -0.1) is 11.3 Å². The lowest BCUT2D eigenvalue weighted by Crippen LogP contribution is -2.37. The molecule has 0 radical (unpaired) electrons. The van der Waals surface area contributed by atoms with E-state index in [9.17, 15) is 24.6 Å². The van der Waals surface area contributed by atoms with E-state index < -0.39 is 34.9 Å². The summed E-state index contributed by atoms with van der Waals surface area (Å²) in [5.41, 5.74) is 0.00906. The summed E-state index contributed by atoms with van der Waals surface area (Å²) in [6.45, 7) is 4.31. The van der Waals surface area contributed by atoms with Crippen LogP contribution >= 0.6 is 11.3 Å². The zero-order chi connectivity index (χ0) is 21.6. The number of fused-ring (bicyclic) bond motifs is 3. The molecule has 1 aromatic carbocycles.